The summed E-state index contributed by atoms with van der Waals surface area (Å²) in [6, 6.07) is 13.7. The SMILES string of the molecule is CCOC(=O)c1nn(-c2ccc(Br)cc2)c(=O)c2c(NC(=O)COc3ccc(OC)cc3)scc12. The summed E-state index contributed by atoms with van der Waals surface area (Å²) >= 11 is 4.48. The van der Waals surface area contributed by atoms with E-state index in [0.29, 0.717) is 22.6 Å². The molecule has 1 N–H and O–H groups in total. The first kappa shape index (κ1) is 24.4. The van der Waals surface area contributed by atoms with Crippen molar-refractivity contribution in [3.8, 4) is 17.2 Å². The molecule has 2 aromatic heterocycles. The minimum Gasteiger partial charge on any atom is -0.497 e. The number of carbonyl (C=O) groups excluding carboxylic acids is 2. The molecule has 0 saturated heterocycles. The zero-order valence-corrected chi connectivity index (χ0v) is 21.1. The Labute approximate surface area is 212 Å². The van der Waals surface area contributed by atoms with Gasteiger partial charge in [-0.2, -0.15) is 9.78 Å². The Morgan fingerprint density at radius 1 is 1.09 bits per heavy atom. The van der Waals surface area contributed by atoms with Crippen molar-refractivity contribution < 1.29 is 23.8 Å². The first-order valence-corrected chi connectivity index (χ1v) is 12.1. The van der Waals surface area contributed by atoms with Crippen molar-refractivity contribution in [2.45, 2.75) is 6.92 Å². The Balaban J connectivity index is 1.67. The Morgan fingerprint density at radius 3 is 2.43 bits per heavy atom. The van der Waals surface area contributed by atoms with Crippen LogP contribution in [0.2, 0.25) is 0 Å². The molecule has 2 aromatic carbocycles. The van der Waals surface area contributed by atoms with Gasteiger partial charge in [0.05, 0.1) is 24.8 Å². The summed E-state index contributed by atoms with van der Waals surface area (Å²) in [5, 5.41) is 9.34. The topological polar surface area (TPSA) is 109 Å². The third-order valence-corrected chi connectivity index (χ3v) is 6.30. The lowest BCUT2D eigenvalue weighted by Gasteiger charge is -2.10. The summed E-state index contributed by atoms with van der Waals surface area (Å²) in [7, 11) is 1.56. The number of nitrogens with zero attached hydrogens (tertiary/aromatic N) is 2. The first-order valence-electron chi connectivity index (χ1n) is 10.5. The van der Waals surface area contributed by atoms with Crippen LogP contribution in [0.4, 0.5) is 5.00 Å². The van der Waals surface area contributed by atoms with E-state index in [1.807, 2.05) is 0 Å². The summed E-state index contributed by atoms with van der Waals surface area (Å²) in [6.45, 7) is 1.56. The van der Waals surface area contributed by atoms with Crippen molar-refractivity contribution >= 4 is 54.9 Å². The third-order valence-electron chi connectivity index (χ3n) is 4.87. The maximum atomic E-state index is 13.4. The molecular formula is C24H20BrN3O6S. The Hall–Kier alpha value is -3.70. The van der Waals surface area contributed by atoms with E-state index in [4.69, 9.17) is 14.2 Å². The van der Waals surface area contributed by atoms with Gasteiger partial charge in [0.25, 0.3) is 11.5 Å². The van der Waals surface area contributed by atoms with Gasteiger partial charge in [0.2, 0.25) is 0 Å². The van der Waals surface area contributed by atoms with Gasteiger partial charge in [-0.3, -0.25) is 9.59 Å². The fourth-order valence-electron chi connectivity index (χ4n) is 3.23. The van der Waals surface area contributed by atoms with Gasteiger partial charge in [-0.1, -0.05) is 15.9 Å². The number of carbonyl (C=O) groups is 2. The minimum atomic E-state index is -0.665. The van der Waals surface area contributed by atoms with Crippen molar-refractivity contribution in [3.63, 3.8) is 0 Å². The molecule has 4 rings (SSSR count). The zero-order valence-electron chi connectivity index (χ0n) is 18.7. The summed E-state index contributed by atoms with van der Waals surface area (Å²) in [4.78, 5) is 38.6. The maximum Gasteiger partial charge on any atom is 0.359 e. The Kier molecular flexibility index (Phi) is 7.47. The number of aromatic nitrogens is 2. The van der Waals surface area contributed by atoms with E-state index in [1.165, 1.54) is 0 Å². The van der Waals surface area contributed by atoms with E-state index in [1.54, 1.807) is 67.9 Å². The molecule has 9 nitrogen and oxygen atoms in total. The van der Waals surface area contributed by atoms with Gasteiger partial charge in [-0.15, -0.1) is 11.3 Å². The molecule has 0 spiro atoms. The number of ether oxygens (including phenoxy) is 3. The van der Waals surface area contributed by atoms with Crippen molar-refractivity contribution in [2.24, 2.45) is 0 Å². The van der Waals surface area contributed by atoms with Crippen molar-refractivity contribution in [3.05, 3.63) is 74.4 Å². The summed E-state index contributed by atoms with van der Waals surface area (Å²) in [5.74, 6) is 0.0267. The van der Waals surface area contributed by atoms with Gasteiger partial charge in [-0.05, 0) is 55.5 Å². The highest BCUT2D eigenvalue weighted by Crippen LogP contribution is 2.31. The van der Waals surface area contributed by atoms with Crippen LogP contribution in [0, 0.1) is 0 Å². The number of methoxy groups -OCH3 is 1. The molecule has 0 saturated carbocycles. The van der Waals surface area contributed by atoms with Crippen LogP contribution in [0.3, 0.4) is 0 Å². The van der Waals surface area contributed by atoms with Crippen LogP contribution in [-0.4, -0.2) is 42.0 Å². The molecule has 0 fully saturated rings. The number of rotatable bonds is 8. The summed E-state index contributed by atoms with van der Waals surface area (Å²) < 4.78 is 17.7. The average Bonchev–Trinajstić information content (AvgIpc) is 3.28. The number of amides is 1. The van der Waals surface area contributed by atoms with Crippen LogP contribution in [0.25, 0.3) is 16.5 Å². The number of fused-ring (bicyclic) bond motifs is 1. The van der Waals surface area contributed by atoms with Gasteiger partial charge in [0.1, 0.15) is 16.5 Å². The molecule has 0 radical (unpaired) electrons. The number of hydrogen-bond donors (Lipinski definition) is 1. The monoisotopic (exact) mass is 557 g/mol. The normalized spacial score (nSPS) is 10.7. The molecule has 11 heteroatoms. The highest BCUT2D eigenvalue weighted by molar-refractivity contribution is 9.10. The lowest BCUT2D eigenvalue weighted by Crippen LogP contribution is -2.26. The molecule has 0 atom stereocenters. The lowest BCUT2D eigenvalue weighted by molar-refractivity contribution is -0.118. The minimum absolute atomic E-state index is 0.0180. The highest BCUT2D eigenvalue weighted by Gasteiger charge is 2.23. The number of anilines is 1. The molecule has 0 aliphatic carbocycles. The molecule has 4 aromatic rings. The maximum absolute atomic E-state index is 13.4. The van der Waals surface area contributed by atoms with Crippen molar-refractivity contribution in [1.29, 1.82) is 0 Å². The molecule has 180 valence electrons. The molecule has 0 aliphatic heterocycles. The van der Waals surface area contributed by atoms with Gasteiger partial charge in [0, 0.05) is 15.2 Å². The molecule has 1 amide bonds. The lowest BCUT2D eigenvalue weighted by atomic mass is 10.2. The second kappa shape index (κ2) is 10.7. The van der Waals surface area contributed by atoms with Crippen LogP contribution < -0.4 is 20.3 Å². The van der Waals surface area contributed by atoms with E-state index in [-0.39, 0.29) is 29.3 Å². The van der Waals surface area contributed by atoms with Crippen LogP contribution in [0.1, 0.15) is 17.4 Å². The Morgan fingerprint density at radius 2 is 1.77 bits per heavy atom. The number of halogens is 1. The van der Waals surface area contributed by atoms with Crippen LogP contribution in [-0.2, 0) is 9.53 Å². The van der Waals surface area contributed by atoms with E-state index in [0.717, 1.165) is 20.5 Å². The number of benzene rings is 2. The number of thiophene rings is 1. The van der Waals surface area contributed by atoms with Crippen LogP contribution >= 0.6 is 27.3 Å². The first-order chi connectivity index (χ1) is 16.9. The molecule has 0 unspecified atom stereocenters. The largest absolute Gasteiger partial charge is 0.497 e. The fourth-order valence-corrected chi connectivity index (χ4v) is 4.45. The van der Waals surface area contributed by atoms with E-state index >= 15 is 0 Å². The summed E-state index contributed by atoms with van der Waals surface area (Å²) in [6.07, 6.45) is 0. The Bertz CT molecular complexity index is 1430. The summed E-state index contributed by atoms with van der Waals surface area (Å²) in [5.41, 5.74) is -0.0458. The van der Waals surface area contributed by atoms with E-state index in [2.05, 4.69) is 26.3 Å². The zero-order chi connectivity index (χ0) is 24.9. The van der Waals surface area contributed by atoms with E-state index in [9.17, 15) is 14.4 Å². The van der Waals surface area contributed by atoms with Gasteiger partial charge < -0.3 is 19.5 Å². The predicted molar refractivity (Wildman–Crippen MR) is 136 cm³/mol. The highest BCUT2D eigenvalue weighted by atomic mass is 79.9. The molecule has 0 bridgehead atoms. The number of hydrogen-bond acceptors (Lipinski definition) is 8. The third kappa shape index (κ3) is 5.36. The van der Waals surface area contributed by atoms with Gasteiger partial charge in [0.15, 0.2) is 12.3 Å². The predicted octanol–water partition coefficient (Wildman–Crippen LogP) is 4.41. The number of esters is 1. The second-order valence-electron chi connectivity index (χ2n) is 7.13. The number of nitrogens with one attached hydrogen (secondary N) is 1. The molecule has 35 heavy (non-hydrogen) atoms. The van der Waals surface area contributed by atoms with Gasteiger partial charge in [-0.25, -0.2) is 4.79 Å². The second-order valence-corrected chi connectivity index (χ2v) is 8.92. The quantitative estimate of drug-likeness (QED) is 0.319. The standard InChI is InChI=1S/C24H20BrN3O6S/c1-3-33-24(31)21-18-13-35-22(26-19(29)12-34-17-10-8-16(32-2)9-11-17)20(18)23(30)28(27-21)15-6-4-14(25)5-7-15/h4-11,13H,3,12H2,1-2H3,(H,26,29). The van der Waals surface area contributed by atoms with Crippen LogP contribution in [0.5, 0.6) is 11.5 Å². The van der Waals surface area contributed by atoms with Gasteiger partial charge >= 0.3 is 5.97 Å². The van der Waals surface area contributed by atoms with Crippen molar-refractivity contribution in [2.75, 3.05) is 25.6 Å². The fraction of sp³-hybridized carbons (Fsp3) is 0.167. The van der Waals surface area contributed by atoms with Crippen molar-refractivity contribution in [1.82, 2.24) is 9.78 Å². The molecule has 0 aliphatic rings. The van der Waals surface area contributed by atoms with Crippen LogP contribution in [0.15, 0.2) is 63.2 Å². The van der Waals surface area contributed by atoms with E-state index < -0.39 is 17.4 Å². The molecular weight excluding hydrogens is 538 g/mol. The average molecular weight is 558 g/mol. The molecule has 2 heterocycles. The smallest absolute Gasteiger partial charge is 0.359 e.